The zero-order valence-corrected chi connectivity index (χ0v) is 22.7. The summed E-state index contributed by atoms with van der Waals surface area (Å²) in [6, 6.07) is 24.2. The molecule has 0 aliphatic rings. The van der Waals surface area contributed by atoms with Crippen LogP contribution in [0.3, 0.4) is 0 Å². The van der Waals surface area contributed by atoms with E-state index in [2.05, 4.69) is 5.32 Å². The molecule has 9 heteroatoms. The van der Waals surface area contributed by atoms with Gasteiger partial charge in [-0.25, -0.2) is 8.42 Å². The number of halogens is 1. The predicted octanol–water partition coefficient (Wildman–Crippen LogP) is 6.30. The van der Waals surface area contributed by atoms with Gasteiger partial charge in [-0.15, -0.1) is 0 Å². The molecule has 4 aromatic rings. The molecule has 0 saturated heterocycles. The van der Waals surface area contributed by atoms with Gasteiger partial charge in [0.15, 0.2) is 0 Å². The molecular weight excluding hydrogens is 528 g/mol. The quantitative estimate of drug-likeness (QED) is 0.220. The summed E-state index contributed by atoms with van der Waals surface area (Å²) in [7, 11) is -3.87. The lowest BCUT2D eigenvalue weighted by Gasteiger charge is -2.26. The number of sulfonamides is 1. The van der Waals surface area contributed by atoms with Crippen LogP contribution in [0.25, 0.3) is 0 Å². The van der Waals surface area contributed by atoms with Crippen LogP contribution in [-0.4, -0.2) is 26.6 Å². The summed E-state index contributed by atoms with van der Waals surface area (Å²) in [5.41, 5.74) is 2.54. The normalized spacial score (nSPS) is 11.3. The zero-order valence-electron chi connectivity index (χ0n) is 20.3. The van der Waals surface area contributed by atoms with Crippen LogP contribution in [0.15, 0.2) is 101 Å². The molecule has 192 valence electrons. The molecule has 0 aliphatic heterocycles. The molecule has 37 heavy (non-hydrogen) atoms. The van der Waals surface area contributed by atoms with Crippen molar-refractivity contribution in [3.63, 3.8) is 0 Å². The van der Waals surface area contributed by atoms with E-state index in [4.69, 9.17) is 16.0 Å². The van der Waals surface area contributed by atoms with Crippen molar-refractivity contribution in [2.75, 3.05) is 16.6 Å². The van der Waals surface area contributed by atoms with Crippen molar-refractivity contribution in [2.24, 2.45) is 0 Å². The Balaban J connectivity index is 1.45. The number of amides is 1. The number of thioether (sulfide) groups is 1. The number of nitrogens with one attached hydrogen (secondary N) is 1. The van der Waals surface area contributed by atoms with Crippen molar-refractivity contribution in [3.05, 3.63) is 119 Å². The summed E-state index contributed by atoms with van der Waals surface area (Å²) < 4.78 is 33.9. The van der Waals surface area contributed by atoms with Gasteiger partial charge in [0.2, 0.25) is 0 Å². The number of anilines is 1. The highest BCUT2D eigenvalue weighted by atomic mass is 35.5. The molecular formula is C28H27ClN2O4S2. The smallest absolute Gasteiger partial charge is 0.264 e. The van der Waals surface area contributed by atoms with Crippen LogP contribution in [-0.2, 0) is 22.3 Å². The topological polar surface area (TPSA) is 79.6 Å². The van der Waals surface area contributed by atoms with Crippen molar-refractivity contribution in [2.45, 2.75) is 24.1 Å². The molecule has 1 N–H and O–H groups in total. The molecule has 3 aromatic carbocycles. The fourth-order valence-electron chi connectivity index (χ4n) is 3.70. The molecule has 1 heterocycles. The van der Waals surface area contributed by atoms with E-state index >= 15 is 0 Å². The largest absolute Gasteiger partial charge is 0.468 e. The maximum Gasteiger partial charge on any atom is 0.264 e. The van der Waals surface area contributed by atoms with Crippen molar-refractivity contribution in [3.8, 4) is 0 Å². The van der Waals surface area contributed by atoms with E-state index in [1.165, 1.54) is 4.31 Å². The zero-order chi connectivity index (χ0) is 26.3. The number of hydrogen-bond donors (Lipinski definition) is 1. The van der Waals surface area contributed by atoms with Crippen LogP contribution in [0.5, 0.6) is 0 Å². The van der Waals surface area contributed by atoms with E-state index in [-0.39, 0.29) is 17.3 Å². The fraction of sp³-hybridized carbons (Fsp3) is 0.179. The van der Waals surface area contributed by atoms with E-state index in [9.17, 15) is 13.2 Å². The van der Waals surface area contributed by atoms with Gasteiger partial charge in [-0.2, -0.15) is 11.8 Å². The summed E-state index contributed by atoms with van der Waals surface area (Å²) in [6.45, 7) is 2.46. The van der Waals surface area contributed by atoms with Crippen molar-refractivity contribution < 1.29 is 17.6 Å². The summed E-state index contributed by atoms with van der Waals surface area (Å²) >= 11 is 7.91. The lowest BCUT2D eigenvalue weighted by atomic mass is 10.1. The minimum Gasteiger partial charge on any atom is -0.468 e. The van der Waals surface area contributed by atoms with Gasteiger partial charge in [-0.3, -0.25) is 9.10 Å². The molecule has 6 nitrogen and oxygen atoms in total. The Morgan fingerprint density at radius 1 is 1.00 bits per heavy atom. The Morgan fingerprint density at radius 3 is 2.46 bits per heavy atom. The Morgan fingerprint density at radius 2 is 1.76 bits per heavy atom. The van der Waals surface area contributed by atoms with Crippen molar-refractivity contribution in [1.82, 2.24) is 5.32 Å². The Labute approximate surface area is 226 Å². The molecule has 1 amide bonds. The minimum atomic E-state index is -3.87. The number of rotatable bonds is 11. The molecule has 1 aromatic heterocycles. The van der Waals surface area contributed by atoms with E-state index in [0.29, 0.717) is 22.8 Å². The van der Waals surface area contributed by atoms with E-state index in [1.807, 2.05) is 19.1 Å². The molecule has 0 saturated carbocycles. The second kappa shape index (κ2) is 12.4. The highest BCUT2D eigenvalue weighted by Gasteiger charge is 2.26. The molecule has 4 rings (SSSR count). The Hall–Kier alpha value is -3.20. The van der Waals surface area contributed by atoms with Gasteiger partial charge >= 0.3 is 0 Å². The van der Waals surface area contributed by atoms with Crippen LogP contribution >= 0.6 is 23.4 Å². The lowest BCUT2D eigenvalue weighted by molar-refractivity contribution is 0.0956. The highest BCUT2D eigenvalue weighted by Crippen LogP contribution is 2.31. The molecule has 0 unspecified atom stereocenters. The van der Waals surface area contributed by atoms with Gasteiger partial charge in [-0.05, 0) is 66.6 Å². The van der Waals surface area contributed by atoms with Gasteiger partial charge in [0.05, 0.1) is 29.1 Å². The fourth-order valence-corrected chi connectivity index (χ4v) is 6.16. The first-order valence-electron chi connectivity index (χ1n) is 11.7. The number of carbonyl (C=O) groups excluding carboxylic acids is 1. The highest BCUT2D eigenvalue weighted by molar-refractivity contribution is 7.98. The number of aryl methyl sites for hydroxylation is 1. The van der Waals surface area contributed by atoms with E-state index in [1.54, 1.807) is 90.8 Å². The number of hydrogen-bond acceptors (Lipinski definition) is 5. The number of carbonyl (C=O) groups is 1. The lowest BCUT2D eigenvalue weighted by Crippen LogP contribution is -2.31. The second-order valence-electron chi connectivity index (χ2n) is 8.34. The van der Waals surface area contributed by atoms with Crippen LogP contribution in [0.2, 0.25) is 5.02 Å². The number of furan rings is 1. The summed E-state index contributed by atoms with van der Waals surface area (Å²) in [6.07, 6.45) is 1.65. The molecule has 0 atom stereocenters. The Kier molecular flexibility index (Phi) is 8.97. The number of nitrogens with zero attached hydrogens (tertiary/aromatic N) is 1. The summed E-state index contributed by atoms with van der Waals surface area (Å²) in [5.74, 6) is 2.25. The first-order chi connectivity index (χ1) is 17.8. The average Bonchev–Trinajstić information content (AvgIpc) is 3.43. The van der Waals surface area contributed by atoms with E-state index < -0.39 is 10.0 Å². The van der Waals surface area contributed by atoms with Gasteiger partial charge in [0.1, 0.15) is 5.76 Å². The average molecular weight is 555 g/mol. The van der Waals surface area contributed by atoms with Crippen molar-refractivity contribution in [1.29, 1.82) is 0 Å². The molecule has 0 spiro atoms. The van der Waals surface area contributed by atoms with Gasteiger partial charge < -0.3 is 9.73 Å². The van der Waals surface area contributed by atoms with Gasteiger partial charge in [0, 0.05) is 22.9 Å². The third-order valence-corrected chi connectivity index (χ3v) is 8.66. The monoisotopic (exact) mass is 554 g/mol. The van der Waals surface area contributed by atoms with Crippen LogP contribution in [0.1, 0.15) is 27.2 Å². The molecule has 0 aliphatic carbocycles. The molecule has 0 bridgehead atoms. The Bertz CT molecular complexity index is 1430. The maximum atomic E-state index is 13.6. The maximum absolute atomic E-state index is 13.6. The van der Waals surface area contributed by atoms with Crippen molar-refractivity contribution >= 4 is 45.0 Å². The minimum absolute atomic E-state index is 0.0870. The SMILES string of the molecule is Cc1ccc(Cl)cc1N(Cc1ccc(C(=O)NCCSCc2ccco2)cc1)S(=O)(=O)c1ccccc1. The van der Waals surface area contributed by atoms with E-state index in [0.717, 1.165) is 28.4 Å². The van der Waals surface area contributed by atoms with Gasteiger partial charge in [0.25, 0.3) is 15.9 Å². The summed E-state index contributed by atoms with van der Waals surface area (Å²) in [5, 5.41) is 3.36. The predicted molar refractivity (Wildman–Crippen MR) is 150 cm³/mol. The third kappa shape index (κ3) is 6.97. The second-order valence-corrected chi connectivity index (χ2v) is 11.7. The third-order valence-electron chi connectivity index (χ3n) is 5.67. The van der Waals surface area contributed by atoms with Gasteiger partial charge in [-0.1, -0.05) is 48.0 Å². The van der Waals surface area contributed by atoms with Crippen LogP contribution < -0.4 is 9.62 Å². The first kappa shape index (κ1) is 26.9. The molecule has 0 fully saturated rings. The first-order valence-corrected chi connectivity index (χ1v) is 14.6. The van der Waals surface area contributed by atoms with Crippen LogP contribution in [0.4, 0.5) is 5.69 Å². The standard InChI is InChI=1S/C28H27ClN2O4S2/c1-21-9-14-24(29)18-27(21)31(37(33,34)26-7-3-2-4-8-26)19-22-10-12-23(13-11-22)28(32)30-15-17-36-20-25-6-5-16-35-25/h2-14,16,18H,15,17,19-20H2,1H3,(H,30,32). The van der Waals surface area contributed by atoms with Crippen LogP contribution in [0, 0.1) is 6.92 Å². The summed E-state index contributed by atoms with van der Waals surface area (Å²) in [4.78, 5) is 12.7. The molecule has 0 radical (unpaired) electrons. The number of benzene rings is 3.